The first-order chi connectivity index (χ1) is 9.58. The molecule has 0 bridgehead atoms. The Morgan fingerprint density at radius 2 is 2.00 bits per heavy atom. The Kier molecular flexibility index (Phi) is 2.91. The van der Waals surface area contributed by atoms with Gasteiger partial charge in [0.25, 0.3) is 5.91 Å². The average molecular weight is 290 g/mol. The molecule has 0 spiro atoms. The van der Waals surface area contributed by atoms with Crippen molar-refractivity contribution in [2.75, 3.05) is 0 Å². The van der Waals surface area contributed by atoms with Crippen LogP contribution in [0.4, 0.5) is 4.39 Å². The fourth-order valence-corrected chi connectivity index (χ4v) is 2.33. The number of aromatic amines is 1. The molecule has 0 aliphatic heterocycles. The summed E-state index contributed by atoms with van der Waals surface area (Å²) in [6, 6.07) is 9.35. The number of carbonyl (C=O) groups excluding carboxylic acids is 1. The highest BCUT2D eigenvalue weighted by atomic mass is 35.5. The summed E-state index contributed by atoms with van der Waals surface area (Å²) in [6.45, 7) is 0. The van der Waals surface area contributed by atoms with Gasteiger partial charge in [-0.25, -0.2) is 9.37 Å². The van der Waals surface area contributed by atoms with Crippen molar-refractivity contribution in [1.82, 2.24) is 9.97 Å². The third-order valence-electron chi connectivity index (χ3n) is 2.98. The molecule has 0 aliphatic carbocycles. The molecule has 0 radical (unpaired) electrons. The summed E-state index contributed by atoms with van der Waals surface area (Å²) < 4.78 is 13.9. The van der Waals surface area contributed by atoms with E-state index in [0.29, 0.717) is 11.0 Å². The minimum absolute atomic E-state index is 0.167. The van der Waals surface area contributed by atoms with E-state index in [1.54, 1.807) is 24.3 Å². The van der Waals surface area contributed by atoms with Crippen molar-refractivity contribution in [2.45, 2.75) is 0 Å². The van der Waals surface area contributed by atoms with Crippen molar-refractivity contribution in [1.29, 1.82) is 0 Å². The highest BCUT2D eigenvalue weighted by Crippen LogP contribution is 2.30. The van der Waals surface area contributed by atoms with E-state index in [9.17, 15) is 9.18 Å². The molecule has 0 fully saturated rings. The number of imidazole rings is 1. The van der Waals surface area contributed by atoms with Crippen molar-refractivity contribution in [3.8, 4) is 11.4 Å². The Labute approximate surface area is 118 Å². The summed E-state index contributed by atoms with van der Waals surface area (Å²) in [5.41, 5.74) is 6.73. The molecule has 1 heterocycles. The lowest BCUT2D eigenvalue weighted by molar-refractivity contribution is 0.100. The minimum atomic E-state index is -0.590. The molecule has 3 rings (SSSR count). The van der Waals surface area contributed by atoms with E-state index in [-0.39, 0.29) is 22.0 Å². The molecule has 3 N–H and O–H groups in total. The molecule has 4 nitrogen and oxygen atoms in total. The van der Waals surface area contributed by atoms with E-state index in [2.05, 4.69) is 9.97 Å². The SMILES string of the molecule is NC(=O)c1cccc2[nH]c(-c3c(F)cccc3Cl)nc12. The Morgan fingerprint density at radius 1 is 1.25 bits per heavy atom. The zero-order chi connectivity index (χ0) is 14.3. The van der Waals surface area contributed by atoms with Gasteiger partial charge in [-0.3, -0.25) is 4.79 Å². The molecule has 0 saturated heterocycles. The van der Waals surface area contributed by atoms with Crippen LogP contribution in [0.15, 0.2) is 36.4 Å². The Balaban J connectivity index is 2.29. The van der Waals surface area contributed by atoms with Crippen LogP contribution in [0.5, 0.6) is 0 Å². The molecule has 100 valence electrons. The summed E-state index contributed by atoms with van der Waals surface area (Å²) in [4.78, 5) is 18.6. The van der Waals surface area contributed by atoms with E-state index in [1.807, 2.05) is 0 Å². The van der Waals surface area contributed by atoms with Crippen molar-refractivity contribution in [3.05, 3.63) is 52.8 Å². The molecule has 6 heteroatoms. The standard InChI is InChI=1S/C14H9ClFN3O/c15-8-4-2-5-9(16)11(8)14-18-10-6-1-3-7(13(17)20)12(10)19-14/h1-6H,(H2,17,20)(H,18,19). The normalized spacial score (nSPS) is 10.9. The molecule has 2 aromatic carbocycles. The number of nitrogens with one attached hydrogen (secondary N) is 1. The molecule has 3 aromatic rings. The van der Waals surface area contributed by atoms with Gasteiger partial charge in [0.1, 0.15) is 17.2 Å². The third kappa shape index (κ3) is 1.92. The number of amides is 1. The average Bonchev–Trinajstić information content (AvgIpc) is 2.81. The zero-order valence-corrected chi connectivity index (χ0v) is 10.9. The topological polar surface area (TPSA) is 71.8 Å². The lowest BCUT2D eigenvalue weighted by atomic mass is 10.2. The fraction of sp³-hybridized carbons (Fsp3) is 0. The summed E-state index contributed by atoms with van der Waals surface area (Å²) in [5.74, 6) is -0.817. The van der Waals surface area contributed by atoms with Crippen LogP contribution in [0.2, 0.25) is 5.02 Å². The zero-order valence-electron chi connectivity index (χ0n) is 10.2. The maximum Gasteiger partial charge on any atom is 0.250 e. The third-order valence-corrected chi connectivity index (χ3v) is 3.29. The first-order valence-corrected chi connectivity index (χ1v) is 6.18. The smallest absolute Gasteiger partial charge is 0.250 e. The van der Waals surface area contributed by atoms with Gasteiger partial charge in [-0.15, -0.1) is 0 Å². The van der Waals surface area contributed by atoms with Crippen LogP contribution in [0.1, 0.15) is 10.4 Å². The Bertz CT molecular complexity index is 808. The van der Waals surface area contributed by atoms with Crippen molar-refractivity contribution in [2.24, 2.45) is 5.73 Å². The van der Waals surface area contributed by atoms with Gasteiger partial charge in [0.15, 0.2) is 0 Å². The summed E-state index contributed by atoms with van der Waals surface area (Å²) >= 11 is 6.00. The molecule has 0 atom stereocenters. The van der Waals surface area contributed by atoms with Crippen LogP contribution in [-0.4, -0.2) is 15.9 Å². The second kappa shape index (κ2) is 4.61. The number of benzene rings is 2. The van der Waals surface area contributed by atoms with Crippen LogP contribution in [0, 0.1) is 5.82 Å². The predicted octanol–water partition coefficient (Wildman–Crippen LogP) is 3.12. The fourth-order valence-electron chi connectivity index (χ4n) is 2.07. The predicted molar refractivity (Wildman–Crippen MR) is 75.0 cm³/mol. The monoisotopic (exact) mass is 289 g/mol. The number of hydrogen-bond donors (Lipinski definition) is 2. The van der Waals surface area contributed by atoms with Gasteiger partial charge in [-0.1, -0.05) is 23.7 Å². The number of para-hydroxylation sites is 1. The largest absolute Gasteiger partial charge is 0.366 e. The first kappa shape index (κ1) is 12.6. The van der Waals surface area contributed by atoms with Crippen LogP contribution in [0.25, 0.3) is 22.4 Å². The van der Waals surface area contributed by atoms with E-state index in [1.165, 1.54) is 12.1 Å². The number of primary amides is 1. The van der Waals surface area contributed by atoms with Crippen LogP contribution in [-0.2, 0) is 0 Å². The molecule has 1 amide bonds. The lowest BCUT2D eigenvalue weighted by Gasteiger charge is -2.01. The van der Waals surface area contributed by atoms with Gasteiger partial charge in [0.05, 0.1) is 21.7 Å². The quantitative estimate of drug-likeness (QED) is 0.761. The maximum atomic E-state index is 13.9. The number of rotatable bonds is 2. The number of fused-ring (bicyclic) bond motifs is 1. The number of halogens is 2. The summed E-state index contributed by atoms with van der Waals surface area (Å²) in [6.07, 6.45) is 0. The van der Waals surface area contributed by atoms with E-state index in [0.717, 1.165) is 0 Å². The van der Waals surface area contributed by atoms with Gasteiger partial charge in [0, 0.05) is 0 Å². The number of nitrogens with zero attached hydrogens (tertiary/aromatic N) is 1. The second-order valence-electron chi connectivity index (χ2n) is 4.25. The van der Waals surface area contributed by atoms with Crippen molar-refractivity contribution >= 4 is 28.5 Å². The second-order valence-corrected chi connectivity index (χ2v) is 4.66. The molecular formula is C14H9ClFN3O. The number of nitrogens with two attached hydrogens (primary N) is 1. The van der Waals surface area contributed by atoms with Gasteiger partial charge in [0.2, 0.25) is 0 Å². The molecule has 1 aromatic heterocycles. The molecule has 0 unspecified atom stereocenters. The Hall–Kier alpha value is -2.40. The number of H-pyrrole nitrogens is 1. The van der Waals surface area contributed by atoms with Crippen LogP contribution < -0.4 is 5.73 Å². The molecule has 20 heavy (non-hydrogen) atoms. The molecule has 0 saturated carbocycles. The highest BCUT2D eigenvalue weighted by molar-refractivity contribution is 6.33. The maximum absolute atomic E-state index is 13.9. The number of carbonyl (C=O) groups is 1. The lowest BCUT2D eigenvalue weighted by Crippen LogP contribution is -2.11. The van der Waals surface area contributed by atoms with E-state index in [4.69, 9.17) is 17.3 Å². The molecular weight excluding hydrogens is 281 g/mol. The van der Waals surface area contributed by atoms with Crippen molar-refractivity contribution < 1.29 is 9.18 Å². The molecule has 0 aliphatic rings. The highest BCUT2D eigenvalue weighted by Gasteiger charge is 2.16. The van der Waals surface area contributed by atoms with Gasteiger partial charge < -0.3 is 10.7 Å². The number of aromatic nitrogens is 2. The Morgan fingerprint density at radius 3 is 2.70 bits per heavy atom. The number of hydrogen-bond acceptors (Lipinski definition) is 2. The van der Waals surface area contributed by atoms with Crippen LogP contribution in [0.3, 0.4) is 0 Å². The van der Waals surface area contributed by atoms with Crippen molar-refractivity contribution in [3.63, 3.8) is 0 Å². The van der Waals surface area contributed by atoms with Gasteiger partial charge in [-0.2, -0.15) is 0 Å². The summed E-state index contributed by atoms with van der Waals surface area (Å²) in [5, 5.41) is 0.240. The van der Waals surface area contributed by atoms with E-state index >= 15 is 0 Å². The first-order valence-electron chi connectivity index (χ1n) is 5.81. The van der Waals surface area contributed by atoms with Gasteiger partial charge >= 0.3 is 0 Å². The van der Waals surface area contributed by atoms with E-state index < -0.39 is 11.7 Å². The van der Waals surface area contributed by atoms with Crippen LogP contribution >= 0.6 is 11.6 Å². The van der Waals surface area contributed by atoms with Gasteiger partial charge in [-0.05, 0) is 24.3 Å². The minimum Gasteiger partial charge on any atom is -0.366 e. The summed E-state index contributed by atoms with van der Waals surface area (Å²) in [7, 11) is 0.